The monoisotopic (exact) mass is 357 g/mol. The molecule has 3 fully saturated rings. The smallest absolute Gasteiger partial charge is 0.246 e. The fraction of sp³-hybridized carbons (Fsp3) is 0.875. The summed E-state index contributed by atoms with van der Waals surface area (Å²) in [6.07, 6.45) is 16.2. The second kappa shape index (κ2) is 6.67. The molecular formula is C24H39NO. The molecule has 0 spiro atoms. The van der Waals surface area contributed by atoms with Gasteiger partial charge in [-0.3, -0.25) is 4.79 Å². The van der Waals surface area contributed by atoms with E-state index in [1.807, 2.05) is 6.08 Å². The Balaban J connectivity index is 1.63. The van der Waals surface area contributed by atoms with Crippen molar-refractivity contribution >= 4 is 5.91 Å². The minimum Gasteiger partial charge on any atom is -0.335 e. The van der Waals surface area contributed by atoms with E-state index in [0.29, 0.717) is 11.5 Å². The van der Waals surface area contributed by atoms with Crippen molar-refractivity contribution in [1.82, 2.24) is 4.90 Å². The van der Waals surface area contributed by atoms with Crippen LogP contribution in [0.2, 0.25) is 0 Å². The second-order valence-corrected chi connectivity index (χ2v) is 10.5. The first-order chi connectivity index (χ1) is 12.4. The highest BCUT2D eigenvalue weighted by Gasteiger charge is 2.60. The average Bonchev–Trinajstić information content (AvgIpc) is 3.00. The summed E-state index contributed by atoms with van der Waals surface area (Å²) in [4.78, 5) is 15.0. The summed E-state index contributed by atoms with van der Waals surface area (Å²) in [6, 6.07) is 0.430. The molecule has 4 rings (SSSR count). The molecule has 0 N–H and O–H groups in total. The van der Waals surface area contributed by atoms with E-state index in [0.717, 1.165) is 36.6 Å². The Labute approximate surface area is 160 Å². The number of hydrogen-bond donors (Lipinski definition) is 0. The molecule has 0 unspecified atom stereocenters. The first-order valence-corrected chi connectivity index (χ1v) is 11.4. The van der Waals surface area contributed by atoms with Gasteiger partial charge < -0.3 is 4.90 Å². The molecule has 146 valence electrons. The van der Waals surface area contributed by atoms with Gasteiger partial charge in [-0.2, -0.15) is 0 Å². The SMILES string of the molecule is CCCCCN1C(=O)C=C[C@]2(C)[C@H]3CC[C@]4(C)CCC[C@H]4[C@@H]3[C@@H](C)C[C@@H]12. The van der Waals surface area contributed by atoms with E-state index in [1.165, 1.54) is 51.4 Å². The molecule has 0 aromatic carbocycles. The summed E-state index contributed by atoms with van der Waals surface area (Å²) in [6.45, 7) is 10.8. The van der Waals surface area contributed by atoms with Crippen LogP contribution in [0.25, 0.3) is 0 Å². The van der Waals surface area contributed by atoms with Crippen molar-refractivity contribution in [3.05, 3.63) is 12.2 Å². The number of rotatable bonds is 4. The number of carbonyl (C=O) groups excluding carboxylic acids is 1. The van der Waals surface area contributed by atoms with E-state index in [-0.39, 0.29) is 11.3 Å². The minimum absolute atomic E-state index is 0.196. The number of carbonyl (C=O) groups is 1. The largest absolute Gasteiger partial charge is 0.335 e. The summed E-state index contributed by atoms with van der Waals surface area (Å²) in [5.74, 6) is 3.59. The molecule has 4 aliphatic rings. The van der Waals surface area contributed by atoms with Crippen molar-refractivity contribution in [2.24, 2.45) is 34.5 Å². The molecule has 0 bridgehead atoms. The molecule has 2 nitrogen and oxygen atoms in total. The summed E-state index contributed by atoms with van der Waals surface area (Å²) in [7, 11) is 0. The summed E-state index contributed by atoms with van der Waals surface area (Å²) in [5.41, 5.74) is 0.800. The van der Waals surface area contributed by atoms with Crippen LogP contribution in [0, 0.1) is 34.5 Å². The number of unbranched alkanes of at least 4 members (excludes halogenated alkanes) is 2. The van der Waals surface area contributed by atoms with Gasteiger partial charge in [0.1, 0.15) is 0 Å². The van der Waals surface area contributed by atoms with Crippen molar-refractivity contribution < 1.29 is 4.79 Å². The molecule has 7 atom stereocenters. The van der Waals surface area contributed by atoms with Gasteiger partial charge in [0.25, 0.3) is 0 Å². The Kier molecular flexibility index (Phi) is 4.77. The van der Waals surface area contributed by atoms with Gasteiger partial charge in [0.2, 0.25) is 5.91 Å². The number of fused-ring (bicyclic) bond motifs is 5. The second-order valence-electron chi connectivity index (χ2n) is 10.5. The van der Waals surface area contributed by atoms with Gasteiger partial charge in [0.05, 0.1) is 0 Å². The molecule has 26 heavy (non-hydrogen) atoms. The standard InChI is InChI=1S/C24H39NO/c1-5-6-7-15-25-20-16-17(2)22-18-9-8-12-23(18,3)13-10-19(22)24(20,4)14-11-21(25)26/h11,14,17-20,22H,5-10,12-13,15-16H2,1-4H3/t17-,18-,19-,20+,22-,23-,24+/m0/s1. The molecule has 0 radical (unpaired) electrons. The lowest BCUT2D eigenvalue weighted by Crippen LogP contribution is -2.62. The fourth-order valence-electron chi connectivity index (χ4n) is 7.71. The molecule has 1 heterocycles. The van der Waals surface area contributed by atoms with Gasteiger partial charge in [0.15, 0.2) is 0 Å². The maximum absolute atomic E-state index is 12.7. The lowest BCUT2D eigenvalue weighted by molar-refractivity contribution is -0.146. The predicted molar refractivity (Wildman–Crippen MR) is 108 cm³/mol. The highest BCUT2D eigenvalue weighted by atomic mass is 16.2. The Morgan fingerprint density at radius 3 is 2.73 bits per heavy atom. The van der Waals surface area contributed by atoms with Crippen molar-refractivity contribution in [2.45, 2.75) is 91.5 Å². The zero-order valence-corrected chi connectivity index (χ0v) is 17.5. The topological polar surface area (TPSA) is 20.3 Å². The molecule has 3 saturated carbocycles. The summed E-state index contributed by atoms with van der Waals surface area (Å²) < 4.78 is 0. The third-order valence-electron chi connectivity index (χ3n) is 9.13. The molecule has 1 amide bonds. The van der Waals surface area contributed by atoms with Crippen molar-refractivity contribution in [3.8, 4) is 0 Å². The van der Waals surface area contributed by atoms with E-state index in [9.17, 15) is 4.79 Å². The van der Waals surface area contributed by atoms with Gasteiger partial charge in [0, 0.05) is 18.0 Å². The van der Waals surface area contributed by atoms with Gasteiger partial charge in [-0.1, -0.05) is 53.0 Å². The number of amides is 1. The van der Waals surface area contributed by atoms with Crippen LogP contribution < -0.4 is 0 Å². The highest BCUT2D eigenvalue weighted by molar-refractivity contribution is 5.89. The van der Waals surface area contributed by atoms with Crippen LogP contribution in [0.4, 0.5) is 0 Å². The minimum atomic E-state index is 0.196. The Morgan fingerprint density at radius 2 is 1.96 bits per heavy atom. The third-order valence-corrected chi connectivity index (χ3v) is 9.13. The van der Waals surface area contributed by atoms with Crippen molar-refractivity contribution in [1.29, 1.82) is 0 Å². The summed E-state index contributed by atoms with van der Waals surface area (Å²) >= 11 is 0. The first-order valence-electron chi connectivity index (χ1n) is 11.4. The van der Waals surface area contributed by atoms with E-state index in [2.05, 4.69) is 38.7 Å². The van der Waals surface area contributed by atoms with Crippen molar-refractivity contribution in [2.75, 3.05) is 6.54 Å². The molecule has 0 aromatic heterocycles. The third kappa shape index (κ3) is 2.69. The predicted octanol–water partition coefficient (Wildman–Crippen LogP) is 5.82. The highest BCUT2D eigenvalue weighted by Crippen LogP contribution is 2.65. The van der Waals surface area contributed by atoms with E-state index >= 15 is 0 Å². The molecule has 0 saturated heterocycles. The quantitative estimate of drug-likeness (QED) is 0.580. The fourth-order valence-corrected chi connectivity index (χ4v) is 7.71. The molecule has 3 aliphatic carbocycles. The van der Waals surface area contributed by atoms with Gasteiger partial charge in [-0.15, -0.1) is 0 Å². The van der Waals surface area contributed by atoms with Crippen LogP contribution in [0.3, 0.4) is 0 Å². The van der Waals surface area contributed by atoms with E-state index < -0.39 is 0 Å². The Hall–Kier alpha value is -0.790. The maximum atomic E-state index is 12.7. The Morgan fingerprint density at radius 1 is 1.15 bits per heavy atom. The van der Waals surface area contributed by atoms with Crippen LogP contribution in [0.5, 0.6) is 0 Å². The normalized spacial score (nSPS) is 47.5. The molecule has 2 heteroatoms. The van der Waals surface area contributed by atoms with Crippen LogP contribution in [-0.4, -0.2) is 23.4 Å². The van der Waals surface area contributed by atoms with Crippen LogP contribution in [-0.2, 0) is 4.79 Å². The number of hydrogen-bond acceptors (Lipinski definition) is 1. The number of nitrogens with zero attached hydrogens (tertiary/aromatic N) is 1. The maximum Gasteiger partial charge on any atom is 0.246 e. The van der Waals surface area contributed by atoms with Crippen LogP contribution >= 0.6 is 0 Å². The van der Waals surface area contributed by atoms with Crippen LogP contribution in [0.15, 0.2) is 12.2 Å². The zero-order valence-electron chi connectivity index (χ0n) is 17.5. The van der Waals surface area contributed by atoms with Gasteiger partial charge in [-0.05, 0) is 73.7 Å². The lowest BCUT2D eigenvalue weighted by Gasteiger charge is -2.62. The molecule has 0 aromatic rings. The zero-order chi connectivity index (χ0) is 18.5. The summed E-state index contributed by atoms with van der Waals surface area (Å²) in [5, 5.41) is 0. The van der Waals surface area contributed by atoms with E-state index in [4.69, 9.17) is 0 Å². The van der Waals surface area contributed by atoms with Gasteiger partial charge in [-0.25, -0.2) is 0 Å². The Bertz CT molecular complexity index is 583. The average molecular weight is 358 g/mol. The molecular weight excluding hydrogens is 318 g/mol. The molecule has 1 aliphatic heterocycles. The van der Waals surface area contributed by atoms with Crippen molar-refractivity contribution in [3.63, 3.8) is 0 Å². The van der Waals surface area contributed by atoms with Crippen LogP contribution in [0.1, 0.15) is 85.5 Å². The lowest BCUT2D eigenvalue weighted by atomic mass is 9.46. The van der Waals surface area contributed by atoms with E-state index in [1.54, 1.807) is 0 Å². The van der Waals surface area contributed by atoms with Gasteiger partial charge >= 0.3 is 0 Å². The first kappa shape index (κ1) is 18.6.